The molecule has 1 aromatic carbocycles. The van der Waals surface area contributed by atoms with Gasteiger partial charge in [-0.05, 0) is 42.7 Å². The average Bonchev–Trinajstić information content (AvgIpc) is 3.08. The lowest BCUT2D eigenvalue weighted by Crippen LogP contribution is -2.34. The van der Waals surface area contributed by atoms with Crippen LogP contribution in [-0.4, -0.2) is 39.0 Å². The third-order valence-electron chi connectivity index (χ3n) is 3.89. The molecule has 0 bridgehead atoms. The minimum Gasteiger partial charge on any atom is -0.406 e. The van der Waals surface area contributed by atoms with E-state index in [9.17, 15) is 18.0 Å². The van der Waals surface area contributed by atoms with Crippen molar-refractivity contribution in [1.29, 1.82) is 0 Å². The highest BCUT2D eigenvalue weighted by Crippen LogP contribution is 2.25. The number of benzene rings is 1. The van der Waals surface area contributed by atoms with Gasteiger partial charge in [0.15, 0.2) is 11.5 Å². The van der Waals surface area contributed by atoms with Crippen LogP contribution < -0.4 is 15.4 Å². The molecule has 7 nitrogen and oxygen atoms in total. The van der Waals surface area contributed by atoms with E-state index in [-0.39, 0.29) is 5.69 Å². The molecule has 0 fully saturated rings. The molecule has 0 saturated heterocycles. The van der Waals surface area contributed by atoms with Crippen molar-refractivity contribution < 1.29 is 22.7 Å². The van der Waals surface area contributed by atoms with Gasteiger partial charge < -0.3 is 15.4 Å². The zero-order chi connectivity index (χ0) is 20.9. The van der Waals surface area contributed by atoms with Crippen molar-refractivity contribution in [3.63, 3.8) is 0 Å². The van der Waals surface area contributed by atoms with E-state index in [0.717, 1.165) is 17.9 Å². The van der Waals surface area contributed by atoms with Crippen LogP contribution in [0.15, 0.2) is 48.7 Å². The molecule has 0 unspecified atom stereocenters. The third kappa shape index (κ3) is 5.76. The van der Waals surface area contributed by atoms with Gasteiger partial charge in [0.05, 0.1) is 6.04 Å². The Balaban J connectivity index is 1.73. The van der Waals surface area contributed by atoms with Crippen LogP contribution in [0, 0.1) is 0 Å². The standard InChI is InChI=1S/C18H18F3N5O2S/c1-29-10-8-14(16-25-24-15-7-2-3-9-26(15)16)23-17(27)22-12-5-4-6-13(11-12)28-18(19,20)21/h2-7,9,11,14H,8,10H2,1H3,(H2,22,23,27)/t14-/m0/s1. The molecule has 1 atom stereocenters. The molecule has 11 heteroatoms. The summed E-state index contributed by atoms with van der Waals surface area (Å²) in [5.41, 5.74) is 0.815. The first-order valence-electron chi connectivity index (χ1n) is 8.57. The van der Waals surface area contributed by atoms with Crippen molar-refractivity contribution in [2.75, 3.05) is 17.3 Å². The number of amides is 2. The Bertz CT molecular complexity index is 979. The number of hydrogen-bond donors (Lipinski definition) is 2. The number of halogens is 3. The van der Waals surface area contributed by atoms with E-state index in [0.29, 0.717) is 17.9 Å². The van der Waals surface area contributed by atoms with Crippen molar-refractivity contribution in [2.24, 2.45) is 0 Å². The number of aromatic nitrogens is 3. The molecule has 2 heterocycles. The molecule has 0 aliphatic rings. The number of carbonyl (C=O) groups is 1. The molecule has 0 saturated carbocycles. The lowest BCUT2D eigenvalue weighted by atomic mass is 10.2. The average molecular weight is 425 g/mol. The summed E-state index contributed by atoms with van der Waals surface area (Å²) < 4.78 is 42.8. The molecule has 29 heavy (non-hydrogen) atoms. The van der Waals surface area contributed by atoms with E-state index in [2.05, 4.69) is 25.6 Å². The van der Waals surface area contributed by atoms with Crippen LogP contribution >= 0.6 is 11.8 Å². The largest absolute Gasteiger partial charge is 0.573 e. The van der Waals surface area contributed by atoms with Crippen molar-refractivity contribution in [3.05, 3.63) is 54.5 Å². The number of hydrogen-bond acceptors (Lipinski definition) is 5. The van der Waals surface area contributed by atoms with Gasteiger partial charge in [-0.1, -0.05) is 12.1 Å². The minimum atomic E-state index is -4.81. The molecule has 0 spiro atoms. The van der Waals surface area contributed by atoms with E-state index in [1.54, 1.807) is 28.4 Å². The highest BCUT2D eigenvalue weighted by atomic mass is 32.2. The van der Waals surface area contributed by atoms with Gasteiger partial charge in [0.2, 0.25) is 0 Å². The number of urea groups is 1. The van der Waals surface area contributed by atoms with E-state index >= 15 is 0 Å². The van der Waals surface area contributed by atoms with Crippen LogP contribution in [0.1, 0.15) is 18.3 Å². The Morgan fingerprint density at radius 3 is 2.83 bits per heavy atom. The minimum absolute atomic E-state index is 0.166. The zero-order valence-electron chi connectivity index (χ0n) is 15.3. The molecule has 2 amide bonds. The maximum atomic E-state index is 12.5. The van der Waals surface area contributed by atoms with Crippen LogP contribution in [0.3, 0.4) is 0 Å². The van der Waals surface area contributed by atoms with Gasteiger partial charge >= 0.3 is 12.4 Å². The predicted octanol–water partition coefficient (Wildman–Crippen LogP) is 4.24. The summed E-state index contributed by atoms with van der Waals surface area (Å²) in [5, 5.41) is 13.6. The molecular weight excluding hydrogens is 407 g/mol. The molecule has 0 aliphatic carbocycles. The van der Waals surface area contributed by atoms with Gasteiger partial charge in [0.1, 0.15) is 5.75 Å². The molecular formula is C18H18F3N5O2S. The van der Waals surface area contributed by atoms with E-state index in [1.165, 1.54) is 12.1 Å². The number of rotatable bonds is 7. The second-order valence-corrected chi connectivity index (χ2v) is 6.98. The molecule has 154 valence electrons. The maximum absolute atomic E-state index is 12.5. The van der Waals surface area contributed by atoms with Crippen LogP contribution in [0.5, 0.6) is 5.75 Å². The van der Waals surface area contributed by atoms with Gasteiger partial charge in [0.25, 0.3) is 0 Å². The van der Waals surface area contributed by atoms with Crippen LogP contribution in [0.2, 0.25) is 0 Å². The van der Waals surface area contributed by atoms with Crippen molar-refractivity contribution in [2.45, 2.75) is 18.8 Å². The number of carbonyl (C=O) groups excluding carboxylic acids is 1. The molecule has 0 aliphatic heterocycles. The first-order valence-corrected chi connectivity index (χ1v) is 9.97. The number of fused-ring (bicyclic) bond motifs is 1. The van der Waals surface area contributed by atoms with Crippen LogP contribution in [-0.2, 0) is 0 Å². The molecule has 3 aromatic rings. The van der Waals surface area contributed by atoms with Gasteiger partial charge in [0, 0.05) is 18.0 Å². The number of alkyl halides is 3. The molecule has 2 aromatic heterocycles. The summed E-state index contributed by atoms with van der Waals surface area (Å²) in [4.78, 5) is 12.5. The summed E-state index contributed by atoms with van der Waals surface area (Å²) >= 11 is 1.62. The Labute approximate surface area is 168 Å². The fourth-order valence-corrected chi connectivity index (χ4v) is 3.17. The maximum Gasteiger partial charge on any atom is 0.573 e. The first-order chi connectivity index (χ1) is 13.9. The fraction of sp³-hybridized carbons (Fsp3) is 0.278. The Kier molecular flexibility index (Phi) is 6.47. The Hall–Kier alpha value is -2.95. The Morgan fingerprint density at radius 2 is 2.07 bits per heavy atom. The number of thioether (sulfide) groups is 1. The quantitative estimate of drug-likeness (QED) is 0.592. The summed E-state index contributed by atoms with van der Waals surface area (Å²) in [7, 11) is 0. The van der Waals surface area contributed by atoms with Crippen molar-refractivity contribution >= 4 is 29.1 Å². The Morgan fingerprint density at radius 1 is 1.24 bits per heavy atom. The van der Waals surface area contributed by atoms with Gasteiger partial charge in [-0.15, -0.1) is 23.4 Å². The first kappa shape index (κ1) is 20.8. The number of nitrogens with one attached hydrogen (secondary N) is 2. The lowest BCUT2D eigenvalue weighted by molar-refractivity contribution is -0.274. The van der Waals surface area contributed by atoms with E-state index in [1.807, 2.05) is 18.4 Å². The normalized spacial score (nSPS) is 12.6. The van der Waals surface area contributed by atoms with Gasteiger partial charge in [-0.2, -0.15) is 11.8 Å². The SMILES string of the molecule is CSCC[C@H](NC(=O)Nc1cccc(OC(F)(F)F)c1)c1nnc2ccccn12. The van der Waals surface area contributed by atoms with E-state index in [4.69, 9.17) is 0 Å². The van der Waals surface area contributed by atoms with Crippen LogP contribution in [0.25, 0.3) is 5.65 Å². The number of pyridine rings is 1. The fourth-order valence-electron chi connectivity index (χ4n) is 2.70. The third-order valence-corrected chi connectivity index (χ3v) is 4.54. The zero-order valence-corrected chi connectivity index (χ0v) is 16.1. The number of ether oxygens (including phenoxy) is 1. The summed E-state index contributed by atoms with van der Waals surface area (Å²) in [5.74, 6) is 0.915. The van der Waals surface area contributed by atoms with Gasteiger partial charge in [-0.25, -0.2) is 4.79 Å². The summed E-state index contributed by atoms with van der Waals surface area (Å²) in [6.45, 7) is 0. The summed E-state index contributed by atoms with van der Waals surface area (Å²) in [6, 6.07) is 9.52. The highest BCUT2D eigenvalue weighted by molar-refractivity contribution is 7.98. The summed E-state index contributed by atoms with van der Waals surface area (Å²) in [6.07, 6.45) is -0.459. The molecule has 3 rings (SSSR count). The highest BCUT2D eigenvalue weighted by Gasteiger charge is 2.31. The van der Waals surface area contributed by atoms with Crippen molar-refractivity contribution in [1.82, 2.24) is 19.9 Å². The monoisotopic (exact) mass is 425 g/mol. The van der Waals surface area contributed by atoms with Crippen LogP contribution in [0.4, 0.5) is 23.7 Å². The number of anilines is 1. The smallest absolute Gasteiger partial charge is 0.406 e. The molecule has 0 radical (unpaired) electrons. The second kappa shape index (κ2) is 9.03. The van der Waals surface area contributed by atoms with Crippen molar-refractivity contribution in [3.8, 4) is 5.75 Å². The molecule has 2 N–H and O–H groups in total. The van der Waals surface area contributed by atoms with Gasteiger partial charge in [-0.3, -0.25) is 4.40 Å². The van der Waals surface area contributed by atoms with E-state index < -0.39 is 24.2 Å². The number of nitrogens with zero attached hydrogens (tertiary/aromatic N) is 3. The predicted molar refractivity (Wildman–Crippen MR) is 104 cm³/mol. The topological polar surface area (TPSA) is 80.5 Å². The second-order valence-electron chi connectivity index (χ2n) is 6.00. The lowest BCUT2D eigenvalue weighted by Gasteiger charge is -2.18.